The molecule has 0 aliphatic rings. The first kappa shape index (κ1) is 23.2. The maximum absolute atomic E-state index is 15.7. The quantitative estimate of drug-likeness (QED) is 0.275. The normalized spacial score (nSPS) is 11.5. The molecule has 4 rings (SSSR count). The second-order valence-corrected chi connectivity index (χ2v) is 10.3. The molecule has 4 aromatic rings. The number of nitrogens with zero attached hydrogens (tertiary/aromatic N) is 2. The van der Waals surface area contributed by atoms with Crippen LogP contribution >= 0.6 is 38.9 Å². The van der Waals surface area contributed by atoms with Crippen LogP contribution in [0.15, 0.2) is 33.5 Å². The van der Waals surface area contributed by atoms with E-state index >= 15 is 4.39 Å². The first-order valence-corrected chi connectivity index (χ1v) is 11.5. The van der Waals surface area contributed by atoms with E-state index in [1.54, 1.807) is 39.0 Å². The van der Waals surface area contributed by atoms with Gasteiger partial charge in [-0.3, -0.25) is 15.1 Å². The minimum absolute atomic E-state index is 0.0257. The number of hydrogen-bond donors (Lipinski definition) is 2. The molecule has 0 saturated carbocycles. The third-order valence-electron chi connectivity index (χ3n) is 4.57. The van der Waals surface area contributed by atoms with Crippen LogP contribution in [-0.2, 0) is 4.74 Å². The van der Waals surface area contributed by atoms with Gasteiger partial charge in [0.05, 0.1) is 10.9 Å². The molecule has 2 aromatic carbocycles. The number of fused-ring (bicyclic) bond motifs is 2. The summed E-state index contributed by atoms with van der Waals surface area (Å²) < 4.78 is 21.9. The number of aromatic amines is 1. The van der Waals surface area contributed by atoms with Gasteiger partial charge in [-0.05, 0) is 50.1 Å². The number of H-pyrrole nitrogens is 1. The summed E-state index contributed by atoms with van der Waals surface area (Å²) in [6.07, 6.45) is -0.705. The second-order valence-electron chi connectivity index (χ2n) is 8.02. The fourth-order valence-corrected chi connectivity index (χ4v) is 5.22. The Morgan fingerprint density at radius 3 is 2.79 bits per heavy atom. The van der Waals surface area contributed by atoms with Crippen molar-refractivity contribution in [1.82, 2.24) is 9.97 Å². The lowest BCUT2D eigenvalue weighted by molar-refractivity contribution is 0.0636. The number of carbonyl (C=O) groups is 1. The molecule has 2 heterocycles. The van der Waals surface area contributed by atoms with E-state index in [2.05, 4.69) is 37.3 Å². The van der Waals surface area contributed by atoms with Gasteiger partial charge in [-0.2, -0.15) is 5.26 Å². The van der Waals surface area contributed by atoms with Gasteiger partial charge in [-0.1, -0.05) is 28.1 Å². The van der Waals surface area contributed by atoms with Gasteiger partial charge in [0.2, 0.25) is 5.28 Å². The Morgan fingerprint density at radius 1 is 1.39 bits per heavy atom. The highest BCUT2D eigenvalue weighted by Gasteiger charge is 2.24. The number of rotatable bonds is 2. The number of ether oxygens (including phenoxy) is 1. The molecule has 168 valence electrons. The molecule has 0 radical (unpaired) electrons. The number of aromatic nitrogens is 2. The largest absolute Gasteiger partial charge is 0.444 e. The Balaban J connectivity index is 1.96. The lowest BCUT2D eigenvalue weighted by atomic mass is 9.97. The molecule has 2 N–H and O–H groups in total. The number of anilines is 1. The zero-order valence-electron chi connectivity index (χ0n) is 17.5. The van der Waals surface area contributed by atoms with Crippen LogP contribution in [0.25, 0.3) is 32.1 Å². The van der Waals surface area contributed by atoms with E-state index in [0.717, 1.165) is 0 Å². The SMILES string of the molecule is CC(C)(C)OC(=O)Nc1sc2cccc(-c3c(Br)cc4c(=O)[nH]c(Cl)nc4c3F)c2c1C#N. The Morgan fingerprint density at radius 2 is 2.12 bits per heavy atom. The van der Waals surface area contributed by atoms with Gasteiger partial charge < -0.3 is 4.74 Å². The van der Waals surface area contributed by atoms with Crippen molar-refractivity contribution >= 4 is 71.0 Å². The zero-order chi connectivity index (χ0) is 24.1. The van der Waals surface area contributed by atoms with Crippen molar-refractivity contribution in [2.45, 2.75) is 26.4 Å². The van der Waals surface area contributed by atoms with Gasteiger partial charge in [0, 0.05) is 20.1 Å². The molecule has 0 aliphatic carbocycles. The third kappa shape index (κ3) is 4.31. The summed E-state index contributed by atoms with van der Waals surface area (Å²) in [6.45, 7) is 5.19. The summed E-state index contributed by atoms with van der Waals surface area (Å²) in [5.74, 6) is -0.767. The van der Waals surface area contributed by atoms with Crippen LogP contribution in [0.3, 0.4) is 0 Å². The number of benzene rings is 2. The predicted octanol–water partition coefficient (Wildman–Crippen LogP) is 6.58. The Hall–Kier alpha value is -3.00. The minimum Gasteiger partial charge on any atom is -0.444 e. The Kier molecular flexibility index (Phi) is 5.90. The molecule has 0 aliphatic heterocycles. The van der Waals surface area contributed by atoms with Crippen LogP contribution in [0.5, 0.6) is 0 Å². The van der Waals surface area contributed by atoms with Crippen molar-refractivity contribution in [3.05, 3.63) is 55.8 Å². The Bertz CT molecular complexity index is 1550. The first-order chi connectivity index (χ1) is 15.5. The van der Waals surface area contributed by atoms with E-state index in [4.69, 9.17) is 16.3 Å². The number of hydrogen-bond acceptors (Lipinski definition) is 6. The number of nitriles is 1. The van der Waals surface area contributed by atoms with Gasteiger partial charge in [0.1, 0.15) is 22.2 Å². The van der Waals surface area contributed by atoms with Gasteiger partial charge in [0.25, 0.3) is 5.56 Å². The molecule has 0 bridgehead atoms. The van der Waals surface area contributed by atoms with E-state index in [9.17, 15) is 14.9 Å². The second kappa shape index (κ2) is 8.41. The summed E-state index contributed by atoms with van der Waals surface area (Å²) in [6, 6.07) is 8.67. The standard InChI is InChI=1S/C22H15BrClFN4O3S/c1-22(2,3)32-21(31)29-19-11(8-26)14-9(5-4-6-13(14)33-19)15-12(23)7-10-17(16(15)25)27-20(24)28-18(10)30/h4-7H,1-3H3,(H,29,31)(H,27,28,30). The van der Waals surface area contributed by atoms with Crippen LogP contribution in [0.2, 0.25) is 5.28 Å². The van der Waals surface area contributed by atoms with Crippen LogP contribution in [-0.4, -0.2) is 21.7 Å². The van der Waals surface area contributed by atoms with Crippen LogP contribution in [0, 0.1) is 17.1 Å². The van der Waals surface area contributed by atoms with Crippen LogP contribution in [0.4, 0.5) is 14.2 Å². The molecule has 0 fully saturated rings. The van der Waals surface area contributed by atoms with Crippen LogP contribution in [0.1, 0.15) is 26.3 Å². The van der Waals surface area contributed by atoms with Gasteiger partial charge in [-0.25, -0.2) is 14.2 Å². The molecule has 7 nitrogen and oxygen atoms in total. The molecule has 11 heteroatoms. The van der Waals surface area contributed by atoms with Crippen molar-refractivity contribution in [1.29, 1.82) is 5.26 Å². The number of amides is 1. The van der Waals surface area contributed by atoms with Crippen LogP contribution < -0.4 is 10.9 Å². The molecule has 0 spiro atoms. The summed E-state index contributed by atoms with van der Waals surface area (Å²) in [7, 11) is 0. The number of thiophene rings is 1. The number of nitrogens with one attached hydrogen (secondary N) is 2. The monoisotopic (exact) mass is 548 g/mol. The number of halogens is 3. The van der Waals surface area contributed by atoms with Gasteiger partial charge in [0.15, 0.2) is 5.82 Å². The summed E-state index contributed by atoms with van der Waals surface area (Å²) in [5, 5.41) is 13.0. The molecule has 0 saturated heterocycles. The third-order valence-corrected chi connectivity index (χ3v) is 6.45. The highest BCUT2D eigenvalue weighted by atomic mass is 79.9. The smallest absolute Gasteiger partial charge is 0.412 e. The van der Waals surface area contributed by atoms with Gasteiger partial charge >= 0.3 is 6.09 Å². The molecule has 0 atom stereocenters. The maximum Gasteiger partial charge on any atom is 0.412 e. The van der Waals surface area contributed by atoms with Gasteiger partial charge in [-0.15, -0.1) is 11.3 Å². The fourth-order valence-electron chi connectivity index (χ4n) is 3.37. The molecular weight excluding hydrogens is 535 g/mol. The van der Waals surface area contributed by atoms with E-state index in [-0.39, 0.29) is 32.3 Å². The number of carbonyl (C=O) groups excluding carboxylic acids is 1. The first-order valence-electron chi connectivity index (χ1n) is 9.53. The van der Waals surface area contributed by atoms with E-state index in [1.807, 2.05) is 0 Å². The van der Waals surface area contributed by atoms with Crippen molar-refractivity contribution in [3.8, 4) is 17.2 Å². The Labute approximate surface area is 204 Å². The average molecular weight is 550 g/mol. The lowest BCUT2D eigenvalue weighted by Gasteiger charge is -2.19. The molecule has 33 heavy (non-hydrogen) atoms. The fraction of sp³-hybridized carbons (Fsp3) is 0.182. The maximum atomic E-state index is 15.7. The van der Waals surface area contributed by atoms with Crippen molar-refractivity contribution in [2.24, 2.45) is 0 Å². The van der Waals surface area contributed by atoms with E-state index < -0.39 is 23.1 Å². The van der Waals surface area contributed by atoms with E-state index in [0.29, 0.717) is 20.1 Å². The molecular formula is C22H15BrClFN4O3S. The summed E-state index contributed by atoms with van der Waals surface area (Å²) in [5.41, 5.74) is -0.822. The molecule has 2 aromatic heterocycles. The minimum atomic E-state index is -0.767. The predicted molar refractivity (Wildman–Crippen MR) is 130 cm³/mol. The topological polar surface area (TPSA) is 108 Å². The summed E-state index contributed by atoms with van der Waals surface area (Å²) in [4.78, 5) is 30.8. The van der Waals surface area contributed by atoms with Crippen molar-refractivity contribution in [3.63, 3.8) is 0 Å². The van der Waals surface area contributed by atoms with E-state index in [1.165, 1.54) is 17.4 Å². The van der Waals surface area contributed by atoms with Crippen molar-refractivity contribution < 1.29 is 13.9 Å². The highest BCUT2D eigenvalue weighted by Crippen LogP contribution is 2.44. The highest BCUT2D eigenvalue weighted by molar-refractivity contribution is 9.10. The molecule has 0 unspecified atom stereocenters. The average Bonchev–Trinajstić information content (AvgIpc) is 3.05. The zero-order valence-corrected chi connectivity index (χ0v) is 20.6. The molecule has 1 amide bonds. The lowest BCUT2D eigenvalue weighted by Crippen LogP contribution is -2.27. The van der Waals surface area contributed by atoms with Crippen molar-refractivity contribution in [2.75, 3.05) is 5.32 Å². The summed E-state index contributed by atoms with van der Waals surface area (Å²) >= 11 is 10.4.